The predicted molar refractivity (Wildman–Crippen MR) is 176 cm³/mol. The zero-order valence-corrected chi connectivity index (χ0v) is 26.6. The minimum Gasteiger partial charge on any atom is -0.492 e. The van der Waals surface area contributed by atoms with Crippen molar-refractivity contribution in [3.8, 4) is 17.6 Å². The van der Waals surface area contributed by atoms with Gasteiger partial charge in [-0.2, -0.15) is 5.26 Å². The number of halogens is 1. The number of nitrogens with one attached hydrogen (secondary N) is 2. The average Bonchev–Trinajstić information content (AvgIpc) is 2.97. The molecule has 0 spiro atoms. The number of carbonyl (C=O) groups is 1. The van der Waals surface area contributed by atoms with Crippen LogP contribution in [0.3, 0.4) is 0 Å². The van der Waals surface area contributed by atoms with E-state index in [0.29, 0.717) is 69.8 Å². The standard InChI is InChI=1S/C34H37ClN6O3/c1-7-43-30-17-27-25(16-28(30)40-32(42)9-8-14-41(5)6)33(23(18-36)20-37-27)39-24-11-12-29(26(35)15-24)44-21-22-10-13-31(38-19-22)34(2,3)4/h8-13,15-17,19-20H,7,14,21H2,1-6H3,(H,37,39)(H,40,42)/b9-8+. The highest BCUT2D eigenvalue weighted by atomic mass is 35.5. The van der Waals surface area contributed by atoms with E-state index in [0.717, 1.165) is 11.3 Å². The van der Waals surface area contributed by atoms with Crippen molar-refractivity contribution in [1.29, 1.82) is 5.26 Å². The Labute approximate surface area is 263 Å². The largest absolute Gasteiger partial charge is 0.492 e. The van der Waals surface area contributed by atoms with E-state index in [2.05, 4.69) is 47.4 Å². The van der Waals surface area contributed by atoms with Gasteiger partial charge in [0.05, 0.1) is 34.1 Å². The van der Waals surface area contributed by atoms with Crippen molar-refractivity contribution >= 4 is 45.5 Å². The van der Waals surface area contributed by atoms with Gasteiger partial charge in [-0.3, -0.25) is 14.8 Å². The summed E-state index contributed by atoms with van der Waals surface area (Å²) in [5.74, 6) is 0.700. The Kier molecular flexibility index (Phi) is 10.4. The molecule has 0 aliphatic rings. The van der Waals surface area contributed by atoms with Crippen LogP contribution in [-0.2, 0) is 16.8 Å². The molecule has 0 fully saturated rings. The van der Waals surface area contributed by atoms with E-state index in [9.17, 15) is 10.1 Å². The Morgan fingerprint density at radius 2 is 1.86 bits per heavy atom. The zero-order chi connectivity index (χ0) is 31.9. The number of benzene rings is 2. The summed E-state index contributed by atoms with van der Waals surface area (Å²) >= 11 is 6.61. The van der Waals surface area contributed by atoms with E-state index >= 15 is 0 Å². The Morgan fingerprint density at radius 1 is 1.07 bits per heavy atom. The number of pyridine rings is 2. The monoisotopic (exact) mass is 612 g/mol. The molecule has 10 heteroatoms. The number of nitriles is 1. The highest BCUT2D eigenvalue weighted by molar-refractivity contribution is 6.32. The maximum Gasteiger partial charge on any atom is 0.248 e. The van der Waals surface area contributed by atoms with E-state index in [1.807, 2.05) is 50.3 Å². The molecule has 0 bridgehead atoms. The van der Waals surface area contributed by atoms with Crippen molar-refractivity contribution in [2.75, 3.05) is 37.9 Å². The molecule has 1 amide bonds. The Morgan fingerprint density at radius 3 is 2.50 bits per heavy atom. The lowest BCUT2D eigenvalue weighted by molar-refractivity contribution is -0.111. The third kappa shape index (κ3) is 8.25. The number of carbonyl (C=O) groups excluding carboxylic acids is 1. The smallest absolute Gasteiger partial charge is 0.248 e. The fourth-order valence-electron chi connectivity index (χ4n) is 4.31. The number of hydrogen-bond acceptors (Lipinski definition) is 8. The average molecular weight is 613 g/mol. The molecular formula is C34H37ClN6O3. The molecule has 2 N–H and O–H groups in total. The molecule has 2 aromatic heterocycles. The molecule has 0 aliphatic heterocycles. The highest BCUT2D eigenvalue weighted by Gasteiger charge is 2.17. The summed E-state index contributed by atoms with van der Waals surface area (Å²) in [6.45, 7) is 9.57. The van der Waals surface area contributed by atoms with Gasteiger partial charge in [-0.05, 0) is 51.4 Å². The van der Waals surface area contributed by atoms with Crippen LogP contribution in [0.1, 0.15) is 44.5 Å². The molecule has 0 saturated heterocycles. The molecular weight excluding hydrogens is 576 g/mol. The summed E-state index contributed by atoms with van der Waals surface area (Å²) in [6.07, 6.45) is 6.57. The second-order valence-corrected chi connectivity index (χ2v) is 11.9. The van der Waals surface area contributed by atoms with Crippen LogP contribution in [0.25, 0.3) is 10.9 Å². The molecule has 0 aliphatic carbocycles. The molecule has 44 heavy (non-hydrogen) atoms. The van der Waals surface area contributed by atoms with Crippen LogP contribution in [0.15, 0.2) is 67.0 Å². The highest BCUT2D eigenvalue weighted by Crippen LogP contribution is 2.37. The van der Waals surface area contributed by atoms with Crippen molar-refractivity contribution < 1.29 is 14.3 Å². The van der Waals surface area contributed by atoms with Crippen LogP contribution in [0.4, 0.5) is 17.1 Å². The van der Waals surface area contributed by atoms with Crippen molar-refractivity contribution in [2.24, 2.45) is 0 Å². The predicted octanol–water partition coefficient (Wildman–Crippen LogP) is 7.23. The fourth-order valence-corrected chi connectivity index (χ4v) is 4.55. The number of anilines is 3. The lowest BCUT2D eigenvalue weighted by atomic mass is 9.91. The second kappa shape index (κ2) is 14.2. The van der Waals surface area contributed by atoms with Gasteiger partial charge < -0.3 is 25.0 Å². The van der Waals surface area contributed by atoms with Crippen molar-refractivity contribution in [3.05, 3.63) is 88.9 Å². The molecule has 0 atom stereocenters. The van der Waals surface area contributed by atoms with Crippen LogP contribution >= 0.6 is 11.6 Å². The van der Waals surface area contributed by atoms with Gasteiger partial charge in [-0.15, -0.1) is 0 Å². The first kappa shape index (κ1) is 32.3. The third-order valence-electron chi connectivity index (χ3n) is 6.58. The first-order valence-electron chi connectivity index (χ1n) is 14.2. The number of hydrogen-bond donors (Lipinski definition) is 2. The molecule has 0 unspecified atom stereocenters. The topological polar surface area (TPSA) is 112 Å². The molecule has 2 heterocycles. The Bertz CT molecular complexity index is 1710. The normalized spacial score (nSPS) is 11.5. The molecule has 0 radical (unpaired) electrons. The minimum absolute atomic E-state index is 0.0265. The summed E-state index contributed by atoms with van der Waals surface area (Å²) in [4.78, 5) is 23.6. The number of ether oxygens (including phenoxy) is 2. The molecule has 2 aromatic carbocycles. The first-order valence-corrected chi connectivity index (χ1v) is 14.6. The van der Waals surface area contributed by atoms with Crippen molar-refractivity contribution in [1.82, 2.24) is 14.9 Å². The summed E-state index contributed by atoms with van der Waals surface area (Å²) in [5.41, 5.74) is 4.46. The van der Waals surface area contributed by atoms with Gasteiger partial charge in [0.15, 0.2) is 0 Å². The number of fused-ring (bicyclic) bond motifs is 1. The Hall–Kier alpha value is -4.65. The summed E-state index contributed by atoms with van der Waals surface area (Å²) < 4.78 is 11.8. The molecule has 9 nitrogen and oxygen atoms in total. The lowest BCUT2D eigenvalue weighted by Crippen LogP contribution is -2.13. The van der Waals surface area contributed by atoms with E-state index in [1.54, 1.807) is 30.3 Å². The fraction of sp³-hybridized carbons (Fsp3) is 0.294. The van der Waals surface area contributed by atoms with Crippen LogP contribution in [0.5, 0.6) is 11.5 Å². The number of likely N-dealkylation sites (N-methyl/N-ethyl adjacent to an activating group) is 1. The van der Waals surface area contributed by atoms with E-state index < -0.39 is 0 Å². The van der Waals surface area contributed by atoms with Gasteiger partial charge in [0.2, 0.25) is 5.91 Å². The van der Waals surface area contributed by atoms with Crippen molar-refractivity contribution in [3.63, 3.8) is 0 Å². The summed E-state index contributed by atoms with van der Waals surface area (Å²) in [7, 11) is 3.84. The van der Waals surface area contributed by atoms with Crippen LogP contribution < -0.4 is 20.1 Å². The van der Waals surface area contributed by atoms with E-state index in [-0.39, 0.29) is 11.3 Å². The van der Waals surface area contributed by atoms with Gasteiger partial charge in [-0.1, -0.05) is 44.5 Å². The third-order valence-corrected chi connectivity index (χ3v) is 6.87. The first-order chi connectivity index (χ1) is 21.0. The zero-order valence-electron chi connectivity index (χ0n) is 25.9. The maximum atomic E-state index is 12.7. The van der Waals surface area contributed by atoms with Crippen molar-refractivity contribution in [2.45, 2.75) is 39.7 Å². The molecule has 228 valence electrons. The number of rotatable bonds is 11. The number of nitrogens with zero attached hydrogens (tertiary/aromatic N) is 4. The lowest BCUT2D eigenvalue weighted by Gasteiger charge is -2.18. The van der Waals surface area contributed by atoms with E-state index in [4.69, 9.17) is 21.1 Å². The molecule has 4 rings (SSSR count). The SMILES string of the molecule is CCOc1cc2ncc(C#N)c(Nc3ccc(OCc4ccc(C(C)(C)C)nc4)c(Cl)c3)c2cc1NC(=O)/C=C/CN(C)C. The van der Waals surface area contributed by atoms with Gasteiger partial charge in [-0.25, -0.2) is 0 Å². The summed E-state index contributed by atoms with van der Waals surface area (Å²) in [6, 6.07) is 15.0. The van der Waals surface area contributed by atoms with Gasteiger partial charge >= 0.3 is 0 Å². The minimum atomic E-state index is -0.297. The molecule has 4 aromatic rings. The second-order valence-electron chi connectivity index (χ2n) is 11.5. The van der Waals surface area contributed by atoms with Crippen LogP contribution in [-0.4, -0.2) is 48.0 Å². The quantitative estimate of drug-likeness (QED) is 0.171. The Balaban J connectivity index is 1.59. The van der Waals surface area contributed by atoms with Gasteiger partial charge in [0, 0.05) is 58.8 Å². The molecule has 0 saturated carbocycles. The van der Waals surface area contributed by atoms with Gasteiger partial charge in [0.25, 0.3) is 0 Å². The summed E-state index contributed by atoms with van der Waals surface area (Å²) in [5, 5.41) is 17.1. The van der Waals surface area contributed by atoms with Crippen LogP contribution in [0.2, 0.25) is 5.02 Å². The number of amides is 1. The number of aromatic nitrogens is 2. The van der Waals surface area contributed by atoms with Crippen LogP contribution in [0, 0.1) is 11.3 Å². The maximum absolute atomic E-state index is 12.7. The van der Waals surface area contributed by atoms with Gasteiger partial charge in [0.1, 0.15) is 24.2 Å². The van der Waals surface area contributed by atoms with E-state index in [1.165, 1.54) is 12.3 Å².